The molecular formula is C20H25NO. The molecule has 0 fully saturated rings. The Labute approximate surface area is 133 Å². The Bertz CT molecular complexity index is 644. The fourth-order valence-corrected chi connectivity index (χ4v) is 3.03. The number of carbonyl (C=O) groups excluding carboxylic acids is 1. The predicted molar refractivity (Wildman–Crippen MR) is 93.2 cm³/mol. The van der Waals surface area contributed by atoms with E-state index in [-0.39, 0.29) is 11.3 Å². The molecule has 2 heteroatoms. The molecule has 2 nitrogen and oxygen atoms in total. The van der Waals surface area contributed by atoms with Crippen molar-refractivity contribution in [3.63, 3.8) is 0 Å². The second-order valence-corrected chi connectivity index (χ2v) is 6.34. The summed E-state index contributed by atoms with van der Waals surface area (Å²) in [5.74, 6) is -0.0167. The van der Waals surface area contributed by atoms with Crippen molar-refractivity contribution < 1.29 is 4.79 Å². The lowest BCUT2D eigenvalue weighted by molar-refractivity contribution is 0.0960. The predicted octanol–water partition coefficient (Wildman–Crippen LogP) is 4.79. The molecule has 0 heterocycles. The fourth-order valence-electron chi connectivity index (χ4n) is 3.03. The first-order valence-electron chi connectivity index (χ1n) is 7.91. The zero-order chi connectivity index (χ0) is 16.2. The van der Waals surface area contributed by atoms with E-state index < -0.39 is 0 Å². The van der Waals surface area contributed by atoms with Gasteiger partial charge in [0.15, 0.2) is 0 Å². The van der Waals surface area contributed by atoms with Crippen molar-refractivity contribution in [3.05, 3.63) is 59.7 Å². The third-order valence-corrected chi connectivity index (χ3v) is 4.20. The van der Waals surface area contributed by atoms with Crippen molar-refractivity contribution in [3.8, 4) is 11.1 Å². The molecule has 0 aliphatic rings. The van der Waals surface area contributed by atoms with Gasteiger partial charge >= 0.3 is 0 Å². The van der Waals surface area contributed by atoms with Gasteiger partial charge in [-0.1, -0.05) is 69.7 Å². The Hall–Kier alpha value is -2.09. The van der Waals surface area contributed by atoms with Gasteiger partial charge in [0.1, 0.15) is 0 Å². The number of nitrogens with one attached hydrogen (secondary N) is 1. The van der Waals surface area contributed by atoms with E-state index in [0.717, 1.165) is 35.1 Å². The van der Waals surface area contributed by atoms with E-state index in [1.165, 1.54) is 0 Å². The smallest absolute Gasteiger partial charge is 0.251 e. The molecule has 0 unspecified atom stereocenters. The van der Waals surface area contributed by atoms with Gasteiger partial charge in [0.25, 0.3) is 5.91 Å². The summed E-state index contributed by atoms with van der Waals surface area (Å²) in [6.45, 7) is 6.60. The first-order chi connectivity index (χ1) is 10.5. The summed E-state index contributed by atoms with van der Waals surface area (Å²) >= 11 is 0. The van der Waals surface area contributed by atoms with Crippen LogP contribution in [0.15, 0.2) is 48.5 Å². The van der Waals surface area contributed by atoms with Crippen molar-refractivity contribution in [1.29, 1.82) is 0 Å². The van der Waals surface area contributed by atoms with Gasteiger partial charge in [-0.3, -0.25) is 4.79 Å². The molecule has 0 saturated heterocycles. The first kappa shape index (κ1) is 16.3. The van der Waals surface area contributed by atoms with Crippen LogP contribution in [0.4, 0.5) is 0 Å². The van der Waals surface area contributed by atoms with E-state index in [9.17, 15) is 4.79 Å². The molecule has 0 radical (unpaired) electrons. The maximum absolute atomic E-state index is 12.4. The van der Waals surface area contributed by atoms with Gasteiger partial charge in [-0.2, -0.15) is 0 Å². The lowest BCUT2D eigenvalue weighted by Crippen LogP contribution is -2.26. The highest BCUT2D eigenvalue weighted by atomic mass is 16.1. The average molecular weight is 295 g/mol. The van der Waals surface area contributed by atoms with Gasteiger partial charge in [-0.05, 0) is 34.6 Å². The van der Waals surface area contributed by atoms with Crippen LogP contribution < -0.4 is 5.32 Å². The van der Waals surface area contributed by atoms with Crippen LogP contribution in [0.2, 0.25) is 0 Å². The first-order valence-corrected chi connectivity index (χ1v) is 7.91. The summed E-state index contributed by atoms with van der Waals surface area (Å²) in [4.78, 5) is 12.4. The minimum absolute atomic E-state index is 0.00812. The standard InChI is InChI=1S/C20H25NO/c1-5-13-20(2,3)18-12-11-16(14-17(18)19(22)21-4)15-9-7-6-8-10-15/h6-12,14H,5,13H2,1-4H3,(H,21,22). The van der Waals surface area contributed by atoms with Gasteiger partial charge in [0.2, 0.25) is 0 Å². The Morgan fingerprint density at radius 2 is 1.73 bits per heavy atom. The average Bonchev–Trinajstić information content (AvgIpc) is 2.54. The van der Waals surface area contributed by atoms with Crippen molar-refractivity contribution >= 4 is 5.91 Å². The van der Waals surface area contributed by atoms with Crippen molar-refractivity contribution in [1.82, 2.24) is 5.32 Å². The molecule has 0 aromatic heterocycles. The third kappa shape index (κ3) is 3.38. The van der Waals surface area contributed by atoms with Crippen molar-refractivity contribution in [2.24, 2.45) is 0 Å². The highest BCUT2D eigenvalue weighted by Crippen LogP contribution is 2.33. The van der Waals surface area contributed by atoms with Crippen LogP contribution in [0, 0.1) is 0 Å². The summed E-state index contributed by atoms with van der Waals surface area (Å²) in [6.07, 6.45) is 2.16. The minimum atomic E-state index is -0.0167. The molecule has 116 valence electrons. The lowest BCUT2D eigenvalue weighted by Gasteiger charge is -2.27. The number of carbonyl (C=O) groups is 1. The van der Waals surface area contributed by atoms with Gasteiger partial charge in [0.05, 0.1) is 0 Å². The third-order valence-electron chi connectivity index (χ3n) is 4.20. The van der Waals surface area contributed by atoms with E-state index in [1.807, 2.05) is 24.3 Å². The second-order valence-electron chi connectivity index (χ2n) is 6.34. The molecule has 0 spiro atoms. The molecule has 0 saturated carbocycles. The number of amides is 1. The second kappa shape index (κ2) is 6.78. The van der Waals surface area contributed by atoms with E-state index in [4.69, 9.17) is 0 Å². The molecule has 1 N–H and O–H groups in total. The summed E-state index contributed by atoms with van der Waals surface area (Å²) in [6, 6.07) is 16.4. The summed E-state index contributed by atoms with van der Waals surface area (Å²) < 4.78 is 0. The van der Waals surface area contributed by atoms with Crippen LogP contribution in [0.3, 0.4) is 0 Å². The Kier molecular flexibility index (Phi) is 5.02. The largest absolute Gasteiger partial charge is 0.355 e. The monoisotopic (exact) mass is 295 g/mol. The van der Waals surface area contributed by atoms with Crippen molar-refractivity contribution in [2.45, 2.75) is 39.0 Å². The molecule has 2 aromatic rings. The molecule has 1 amide bonds. The topological polar surface area (TPSA) is 29.1 Å². The molecule has 2 aromatic carbocycles. The number of rotatable bonds is 5. The fraction of sp³-hybridized carbons (Fsp3) is 0.350. The Balaban J connectivity index is 2.55. The van der Waals surface area contributed by atoms with E-state index in [1.54, 1.807) is 7.05 Å². The molecular weight excluding hydrogens is 270 g/mol. The highest BCUT2D eigenvalue weighted by molar-refractivity contribution is 5.97. The zero-order valence-electron chi connectivity index (χ0n) is 13.9. The Morgan fingerprint density at radius 1 is 1.05 bits per heavy atom. The number of hydrogen-bond acceptors (Lipinski definition) is 1. The van der Waals surface area contributed by atoms with Gasteiger partial charge in [-0.15, -0.1) is 0 Å². The maximum atomic E-state index is 12.4. The highest BCUT2D eigenvalue weighted by Gasteiger charge is 2.25. The maximum Gasteiger partial charge on any atom is 0.251 e. The summed E-state index contributed by atoms with van der Waals surface area (Å²) in [5.41, 5.74) is 4.10. The van der Waals surface area contributed by atoms with Crippen LogP contribution >= 0.6 is 0 Å². The number of hydrogen-bond donors (Lipinski definition) is 1. The summed E-state index contributed by atoms with van der Waals surface area (Å²) in [5, 5.41) is 2.78. The zero-order valence-corrected chi connectivity index (χ0v) is 13.9. The van der Waals surface area contributed by atoms with Crippen LogP contribution in [0.5, 0.6) is 0 Å². The lowest BCUT2D eigenvalue weighted by atomic mass is 9.77. The molecule has 2 rings (SSSR count). The van der Waals surface area contributed by atoms with Crippen LogP contribution in [0.25, 0.3) is 11.1 Å². The van der Waals surface area contributed by atoms with Gasteiger partial charge in [0, 0.05) is 12.6 Å². The van der Waals surface area contributed by atoms with E-state index in [2.05, 4.69) is 50.4 Å². The van der Waals surface area contributed by atoms with E-state index in [0.29, 0.717) is 0 Å². The minimum Gasteiger partial charge on any atom is -0.355 e. The van der Waals surface area contributed by atoms with Crippen LogP contribution in [-0.2, 0) is 5.41 Å². The number of benzene rings is 2. The normalized spacial score (nSPS) is 11.3. The molecule has 0 aliphatic carbocycles. The molecule has 0 aliphatic heterocycles. The van der Waals surface area contributed by atoms with Gasteiger partial charge in [-0.25, -0.2) is 0 Å². The summed E-state index contributed by atoms with van der Waals surface area (Å²) in [7, 11) is 1.69. The SMILES string of the molecule is CCCC(C)(C)c1ccc(-c2ccccc2)cc1C(=O)NC. The molecule has 22 heavy (non-hydrogen) atoms. The molecule has 0 bridgehead atoms. The quantitative estimate of drug-likeness (QED) is 0.844. The Morgan fingerprint density at radius 3 is 2.32 bits per heavy atom. The molecule has 0 atom stereocenters. The van der Waals surface area contributed by atoms with Crippen LogP contribution in [-0.4, -0.2) is 13.0 Å². The van der Waals surface area contributed by atoms with Crippen LogP contribution in [0.1, 0.15) is 49.5 Å². The van der Waals surface area contributed by atoms with Crippen molar-refractivity contribution in [2.75, 3.05) is 7.05 Å². The van der Waals surface area contributed by atoms with E-state index >= 15 is 0 Å². The van der Waals surface area contributed by atoms with Gasteiger partial charge < -0.3 is 5.32 Å².